The summed E-state index contributed by atoms with van der Waals surface area (Å²) in [6, 6.07) is 15.9. The summed E-state index contributed by atoms with van der Waals surface area (Å²) in [5.74, 6) is 2.15. The summed E-state index contributed by atoms with van der Waals surface area (Å²) in [7, 11) is 1.62. The van der Waals surface area contributed by atoms with Crippen LogP contribution in [-0.4, -0.2) is 26.6 Å². The molecule has 0 fully saturated rings. The van der Waals surface area contributed by atoms with Gasteiger partial charge in [-0.05, 0) is 17.7 Å². The Morgan fingerprint density at radius 2 is 1.92 bits per heavy atom. The number of para-hydroxylation sites is 1. The predicted octanol–water partition coefficient (Wildman–Crippen LogP) is 3.02. The Bertz CT molecular complexity index is 1040. The second-order valence-electron chi connectivity index (χ2n) is 5.72. The highest BCUT2D eigenvalue weighted by atomic mass is 16.5. The zero-order valence-electron chi connectivity index (χ0n) is 14.3. The van der Waals surface area contributed by atoms with Crippen molar-refractivity contribution in [3.63, 3.8) is 0 Å². The fourth-order valence-electron chi connectivity index (χ4n) is 2.79. The van der Waals surface area contributed by atoms with E-state index in [1.54, 1.807) is 24.1 Å². The maximum Gasteiger partial charge on any atom is 0.239 e. The lowest BCUT2D eigenvalue weighted by atomic mass is 10.2. The third-order valence-corrected chi connectivity index (χ3v) is 4.09. The van der Waals surface area contributed by atoms with E-state index in [9.17, 15) is 0 Å². The van der Waals surface area contributed by atoms with Gasteiger partial charge in [-0.15, -0.1) is 0 Å². The molecule has 0 aliphatic rings. The van der Waals surface area contributed by atoms with Crippen LogP contribution in [0.1, 0.15) is 5.56 Å². The lowest BCUT2D eigenvalue weighted by Gasteiger charge is -2.13. The summed E-state index contributed by atoms with van der Waals surface area (Å²) in [6.45, 7) is 0.642. The van der Waals surface area contributed by atoms with Gasteiger partial charge in [-0.2, -0.15) is 4.98 Å². The molecule has 4 aromatic rings. The molecule has 2 heterocycles. The van der Waals surface area contributed by atoms with Gasteiger partial charge in [-0.1, -0.05) is 36.4 Å². The topological polar surface area (TPSA) is 90.9 Å². The SMILES string of the molecule is COc1cccc2c(NCc3ccccc3)nc(-n3ccnc3N)nc12. The second kappa shape index (κ2) is 6.72. The van der Waals surface area contributed by atoms with Crippen LogP contribution in [0.3, 0.4) is 0 Å². The predicted molar refractivity (Wildman–Crippen MR) is 101 cm³/mol. The number of nitrogen functional groups attached to an aromatic ring is 1. The number of methoxy groups -OCH3 is 1. The Morgan fingerprint density at radius 1 is 1.08 bits per heavy atom. The number of hydrogen-bond acceptors (Lipinski definition) is 6. The molecule has 2 aromatic carbocycles. The third kappa shape index (κ3) is 2.90. The number of fused-ring (bicyclic) bond motifs is 1. The summed E-state index contributed by atoms with van der Waals surface area (Å²) < 4.78 is 7.11. The number of nitrogens with one attached hydrogen (secondary N) is 1. The molecule has 130 valence electrons. The highest BCUT2D eigenvalue weighted by Crippen LogP contribution is 2.29. The van der Waals surface area contributed by atoms with Gasteiger partial charge in [-0.25, -0.2) is 9.97 Å². The molecule has 7 nitrogen and oxygen atoms in total. The minimum Gasteiger partial charge on any atom is -0.494 e. The maximum atomic E-state index is 5.92. The first-order valence-corrected chi connectivity index (χ1v) is 8.18. The molecule has 0 radical (unpaired) electrons. The van der Waals surface area contributed by atoms with Crippen LogP contribution in [0.15, 0.2) is 60.9 Å². The van der Waals surface area contributed by atoms with Crippen molar-refractivity contribution < 1.29 is 4.74 Å². The lowest BCUT2D eigenvalue weighted by Crippen LogP contribution is -2.09. The number of benzene rings is 2. The van der Waals surface area contributed by atoms with Crippen molar-refractivity contribution in [2.45, 2.75) is 6.54 Å². The van der Waals surface area contributed by atoms with E-state index in [1.165, 1.54) is 0 Å². The van der Waals surface area contributed by atoms with Gasteiger partial charge in [0.25, 0.3) is 0 Å². The fraction of sp³-hybridized carbons (Fsp3) is 0.105. The van der Waals surface area contributed by atoms with Gasteiger partial charge in [0.2, 0.25) is 11.9 Å². The Hall–Kier alpha value is -3.61. The minimum atomic E-state index is 0.327. The largest absolute Gasteiger partial charge is 0.494 e. The highest BCUT2D eigenvalue weighted by molar-refractivity contribution is 5.93. The smallest absolute Gasteiger partial charge is 0.239 e. The number of rotatable bonds is 5. The molecule has 26 heavy (non-hydrogen) atoms. The molecule has 0 aliphatic carbocycles. The van der Waals surface area contributed by atoms with E-state index in [0.29, 0.717) is 35.5 Å². The molecule has 3 N–H and O–H groups in total. The molecule has 0 bridgehead atoms. The van der Waals surface area contributed by atoms with Crippen LogP contribution in [0, 0.1) is 0 Å². The third-order valence-electron chi connectivity index (χ3n) is 4.09. The zero-order valence-corrected chi connectivity index (χ0v) is 14.3. The van der Waals surface area contributed by atoms with E-state index in [4.69, 9.17) is 10.5 Å². The number of aromatic nitrogens is 4. The molecule has 4 rings (SSSR count). The van der Waals surface area contributed by atoms with Crippen LogP contribution >= 0.6 is 0 Å². The van der Waals surface area contributed by atoms with E-state index in [-0.39, 0.29) is 0 Å². The first kappa shape index (κ1) is 15.9. The summed E-state index contributed by atoms with van der Waals surface area (Å²) in [4.78, 5) is 13.3. The Morgan fingerprint density at radius 3 is 2.65 bits per heavy atom. The van der Waals surface area contributed by atoms with Crippen LogP contribution < -0.4 is 15.8 Å². The van der Waals surface area contributed by atoms with Crippen LogP contribution in [0.25, 0.3) is 16.9 Å². The Balaban J connectivity index is 1.83. The van der Waals surface area contributed by atoms with E-state index >= 15 is 0 Å². The van der Waals surface area contributed by atoms with Crippen molar-refractivity contribution in [3.05, 3.63) is 66.5 Å². The summed E-state index contributed by atoms with van der Waals surface area (Å²) in [6.07, 6.45) is 3.34. The number of nitrogens with zero attached hydrogens (tertiary/aromatic N) is 4. The van der Waals surface area contributed by atoms with Gasteiger partial charge in [0.15, 0.2) is 0 Å². The fourth-order valence-corrected chi connectivity index (χ4v) is 2.79. The van der Waals surface area contributed by atoms with Gasteiger partial charge >= 0.3 is 0 Å². The highest BCUT2D eigenvalue weighted by Gasteiger charge is 2.14. The van der Waals surface area contributed by atoms with Crippen LogP contribution in [0.5, 0.6) is 5.75 Å². The van der Waals surface area contributed by atoms with Crippen molar-refractivity contribution >= 4 is 22.7 Å². The van der Waals surface area contributed by atoms with Gasteiger partial charge in [0.05, 0.1) is 7.11 Å². The average molecular weight is 346 g/mol. The van der Waals surface area contributed by atoms with Crippen LogP contribution in [0.4, 0.5) is 11.8 Å². The maximum absolute atomic E-state index is 5.92. The quantitative estimate of drug-likeness (QED) is 0.577. The molecule has 0 unspecified atom stereocenters. The van der Waals surface area contributed by atoms with Crippen molar-refractivity contribution in [1.29, 1.82) is 0 Å². The number of ether oxygens (including phenoxy) is 1. The molecule has 0 amide bonds. The molecule has 2 aromatic heterocycles. The van der Waals surface area contributed by atoms with Gasteiger partial charge < -0.3 is 15.8 Å². The first-order valence-electron chi connectivity index (χ1n) is 8.18. The molecular formula is C19H18N6O. The molecular weight excluding hydrogens is 328 g/mol. The zero-order chi connectivity index (χ0) is 17.9. The van der Waals surface area contributed by atoms with Crippen LogP contribution in [-0.2, 0) is 6.54 Å². The normalized spacial score (nSPS) is 10.8. The number of anilines is 2. The molecule has 0 spiro atoms. The Labute approximate surface area is 150 Å². The van der Waals surface area contributed by atoms with Crippen molar-refractivity contribution in [2.75, 3.05) is 18.2 Å². The molecule has 0 atom stereocenters. The first-order chi connectivity index (χ1) is 12.8. The van der Waals surface area contributed by atoms with Crippen molar-refractivity contribution in [3.8, 4) is 11.7 Å². The van der Waals surface area contributed by atoms with E-state index < -0.39 is 0 Å². The molecule has 0 aliphatic heterocycles. The standard InChI is InChI=1S/C19H18N6O/c1-26-15-9-5-8-14-16(15)23-19(25-11-10-21-18(25)20)24-17(14)22-12-13-6-3-2-4-7-13/h2-11H,12H2,1H3,(H2,20,21)(H,22,23,24). The van der Waals surface area contributed by atoms with Crippen molar-refractivity contribution in [2.24, 2.45) is 0 Å². The number of nitrogens with two attached hydrogens (primary N) is 1. The van der Waals surface area contributed by atoms with Crippen molar-refractivity contribution in [1.82, 2.24) is 19.5 Å². The van der Waals surface area contributed by atoms with Gasteiger partial charge in [-0.3, -0.25) is 4.57 Å². The Kier molecular flexibility index (Phi) is 4.10. The molecule has 0 saturated carbocycles. The number of imidazole rings is 1. The summed E-state index contributed by atoms with van der Waals surface area (Å²) in [5.41, 5.74) is 7.79. The second-order valence-corrected chi connectivity index (χ2v) is 5.72. The number of hydrogen-bond donors (Lipinski definition) is 2. The van der Waals surface area contributed by atoms with E-state index in [0.717, 1.165) is 10.9 Å². The summed E-state index contributed by atoms with van der Waals surface area (Å²) >= 11 is 0. The average Bonchev–Trinajstić information content (AvgIpc) is 3.12. The molecule has 0 saturated heterocycles. The van der Waals surface area contributed by atoms with E-state index in [1.807, 2.05) is 36.4 Å². The minimum absolute atomic E-state index is 0.327. The molecule has 7 heteroatoms. The van der Waals surface area contributed by atoms with Gasteiger partial charge in [0.1, 0.15) is 17.1 Å². The van der Waals surface area contributed by atoms with Gasteiger partial charge in [0, 0.05) is 24.3 Å². The van der Waals surface area contributed by atoms with Crippen LogP contribution in [0.2, 0.25) is 0 Å². The van der Waals surface area contributed by atoms with E-state index in [2.05, 4.69) is 32.4 Å². The summed E-state index contributed by atoms with van der Waals surface area (Å²) in [5, 5.41) is 4.27. The lowest BCUT2D eigenvalue weighted by molar-refractivity contribution is 0.419. The monoisotopic (exact) mass is 346 g/mol.